The van der Waals surface area contributed by atoms with Gasteiger partial charge in [-0.3, -0.25) is 9.59 Å². The van der Waals surface area contributed by atoms with Crippen LogP contribution in [0.5, 0.6) is 0 Å². The average molecular weight is 582 g/mol. The Balaban J connectivity index is 1.26. The quantitative estimate of drug-likeness (QED) is 0.229. The number of carbonyl (C=O) groups is 2. The molecular weight excluding hydrogens is 538 g/mol. The molecule has 1 aromatic rings. The van der Waals surface area contributed by atoms with Crippen molar-refractivity contribution in [2.45, 2.75) is 109 Å². The Kier molecular flexibility index (Phi) is 11.3. The molecule has 0 aromatic carbocycles. The van der Waals surface area contributed by atoms with Gasteiger partial charge in [-0.2, -0.15) is 0 Å². The number of rotatable bonds is 15. The molecule has 3 heterocycles. The molecule has 230 valence electrons. The van der Waals surface area contributed by atoms with Crippen molar-refractivity contribution in [3.8, 4) is 0 Å². The van der Waals surface area contributed by atoms with Crippen molar-refractivity contribution in [3.05, 3.63) is 31.5 Å². The maximum Gasteiger partial charge on any atom is 0.336 e. The predicted molar refractivity (Wildman–Crippen MR) is 145 cm³/mol. The Morgan fingerprint density at radius 3 is 2.07 bits per heavy atom. The lowest BCUT2D eigenvalue weighted by molar-refractivity contribution is -0.146. The molecule has 4 rings (SSSR count). The van der Waals surface area contributed by atoms with Crippen LogP contribution in [-0.2, 0) is 48.2 Å². The minimum Gasteiger partial charge on any atom is -0.466 e. The van der Waals surface area contributed by atoms with Gasteiger partial charge in [0.2, 0.25) is 0 Å². The SMILES string of the molecule is CC1CC(CCOC(=O)CCCn2c(=O)n(CCO)c(=O)n(CCCC(=O)OCC3CCC4OC4C3)c2=O)CCO1. The fourth-order valence-corrected chi connectivity index (χ4v) is 5.81. The highest BCUT2D eigenvalue weighted by Crippen LogP contribution is 2.39. The molecule has 0 radical (unpaired) electrons. The third-order valence-corrected chi connectivity index (χ3v) is 8.21. The zero-order valence-electron chi connectivity index (χ0n) is 23.9. The number of esters is 2. The van der Waals surface area contributed by atoms with Gasteiger partial charge in [0.1, 0.15) is 0 Å². The highest BCUT2D eigenvalue weighted by Gasteiger charge is 2.44. The molecule has 2 saturated heterocycles. The molecule has 1 aliphatic carbocycles. The molecule has 13 nitrogen and oxygen atoms in total. The van der Waals surface area contributed by atoms with Gasteiger partial charge in [-0.15, -0.1) is 0 Å². The molecule has 0 amide bonds. The molecule has 0 spiro atoms. The Labute approximate surface area is 238 Å². The summed E-state index contributed by atoms with van der Waals surface area (Å²) in [7, 11) is 0. The topological polar surface area (TPSA) is 161 Å². The van der Waals surface area contributed by atoms with E-state index in [9.17, 15) is 29.1 Å². The van der Waals surface area contributed by atoms with E-state index in [0.717, 1.165) is 52.2 Å². The Bertz CT molecular complexity index is 1220. The van der Waals surface area contributed by atoms with Gasteiger partial charge in [-0.1, -0.05) is 0 Å². The van der Waals surface area contributed by atoms with Crippen LogP contribution in [0.2, 0.25) is 0 Å². The summed E-state index contributed by atoms with van der Waals surface area (Å²) in [6.45, 7) is 2.46. The molecule has 5 atom stereocenters. The van der Waals surface area contributed by atoms with E-state index in [-0.39, 0.29) is 57.3 Å². The van der Waals surface area contributed by atoms with E-state index < -0.39 is 35.6 Å². The zero-order chi connectivity index (χ0) is 29.4. The van der Waals surface area contributed by atoms with E-state index in [0.29, 0.717) is 37.9 Å². The molecule has 1 aromatic heterocycles. The summed E-state index contributed by atoms with van der Waals surface area (Å²) in [5.41, 5.74) is -2.51. The van der Waals surface area contributed by atoms with Crippen molar-refractivity contribution in [3.63, 3.8) is 0 Å². The number of aliphatic hydroxyl groups is 1. The smallest absolute Gasteiger partial charge is 0.336 e. The second kappa shape index (κ2) is 14.9. The van der Waals surface area contributed by atoms with Gasteiger partial charge < -0.3 is 24.1 Å². The molecule has 13 heteroatoms. The lowest BCUT2D eigenvalue weighted by Crippen LogP contribution is -2.55. The Morgan fingerprint density at radius 1 is 0.829 bits per heavy atom. The second-order valence-corrected chi connectivity index (χ2v) is 11.4. The van der Waals surface area contributed by atoms with Crippen LogP contribution in [0.15, 0.2) is 14.4 Å². The first-order valence-electron chi connectivity index (χ1n) is 14.9. The number of hydrogen-bond acceptors (Lipinski definition) is 10. The van der Waals surface area contributed by atoms with Crippen LogP contribution in [0.25, 0.3) is 0 Å². The monoisotopic (exact) mass is 581 g/mol. The molecule has 3 fully saturated rings. The zero-order valence-corrected chi connectivity index (χ0v) is 23.9. The van der Waals surface area contributed by atoms with Crippen LogP contribution in [0, 0.1) is 11.8 Å². The van der Waals surface area contributed by atoms with Crippen molar-refractivity contribution < 1.29 is 33.6 Å². The van der Waals surface area contributed by atoms with E-state index in [1.807, 2.05) is 6.92 Å². The van der Waals surface area contributed by atoms with Crippen molar-refractivity contribution >= 4 is 11.9 Å². The fraction of sp³-hybridized carbons (Fsp3) is 0.821. The van der Waals surface area contributed by atoms with Crippen molar-refractivity contribution in [1.29, 1.82) is 0 Å². The first kappa shape index (κ1) is 31.2. The maximum atomic E-state index is 13.1. The van der Waals surface area contributed by atoms with Gasteiger partial charge in [0, 0.05) is 32.5 Å². The van der Waals surface area contributed by atoms with Crippen LogP contribution in [0.3, 0.4) is 0 Å². The van der Waals surface area contributed by atoms with Crippen LogP contribution < -0.4 is 17.1 Å². The average Bonchev–Trinajstić information content (AvgIpc) is 3.73. The first-order valence-corrected chi connectivity index (χ1v) is 14.9. The van der Waals surface area contributed by atoms with Crippen molar-refractivity contribution in [2.24, 2.45) is 11.8 Å². The summed E-state index contributed by atoms with van der Waals surface area (Å²) in [6.07, 6.45) is 6.74. The van der Waals surface area contributed by atoms with Gasteiger partial charge >= 0.3 is 29.0 Å². The molecule has 41 heavy (non-hydrogen) atoms. The third kappa shape index (κ3) is 8.86. The summed E-state index contributed by atoms with van der Waals surface area (Å²) in [5.74, 6) is -0.0905. The summed E-state index contributed by atoms with van der Waals surface area (Å²) < 4.78 is 24.3. The number of nitrogens with zero attached hydrogens (tertiary/aromatic N) is 3. The molecule has 1 saturated carbocycles. The number of epoxide rings is 1. The number of ether oxygens (including phenoxy) is 4. The Morgan fingerprint density at radius 2 is 1.46 bits per heavy atom. The summed E-state index contributed by atoms with van der Waals surface area (Å²) in [6, 6.07) is 0. The highest BCUT2D eigenvalue weighted by molar-refractivity contribution is 5.69. The summed E-state index contributed by atoms with van der Waals surface area (Å²) >= 11 is 0. The number of carbonyl (C=O) groups excluding carboxylic acids is 2. The highest BCUT2D eigenvalue weighted by atomic mass is 16.6. The molecule has 3 aliphatic rings. The normalized spacial score (nSPS) is 25.4. The van der Waals surface area contributed by atoms with Crippen molar-refractivity contribution in [2.75, 3.05) is 26.4 Å². The second-order valence-electron chi connectivity index (χ2n) is 11.4. The van der Waals surface area contributed by atoms with Gasteiger partial charge in [-0.05, 0) is 70.1 Å². The van der Waals surface area contributed by atoms with Crippen LogP contribution in [0.1, 0.15) is 71.1 Å². The van der Waals surface area contributed by atoms with E-state index >= 15 is 0 Å². The maximum absolute atomic E-state index is 13.1. The van der Waals surface area contributed by atoms with Gasteiger partial charge in [0.05, 0.1) is 44.7 Å². The largest absolute Gasteiger partial charge is 0.466 e. The van der Waals surface area contributed by atoms with Crippen LogP contribution in [-0.4, -0.2) is 75.5 Å². The minimum atomic E-state index is -0.846. The lowest BCUT2D eigenvalue weighted by atomic mass is 9.90. The van der Waals surface area contributed by atoms with E-state index in [1.54, 1.807) is 0 Å². The van der Waals surface area contributed by atoms with Gasteiger partial charge in [0.15, 0.2) is 0 Å². The van der Waals surface area contributed by atoms with E-state index in [4.69, 9.17) is 18.9 Å². The van der Waals surface area contributed by atoms with Crippen LogP contribution >= 0.6 is 0 Å². The summed E-state index contributed by atoms with van der Waals surface area (Å²) in [4.78, 5) is 63.2. The number of fused-ring (bicyclic) bond motifs is 1. The van der Waals surface area contributed by atoms with Gasteiger partial charge in [0.25, 0.3) is 0 Å². The fourth-order valence-electron chi connectivity index (χ4n) is 5.81. The molecule has 0 bridgehead atoms. The van der Waals surface area contributed by atoms with E-state index in [1.165, 1.54) is 0 Å². The molecule has 1 N–H and O–H groups in total. The molecular formula is C28H43N3O10. The van der Waals surface area contributed by atoms with Crippen molar-refractivity contribution in [1.82, 2.24) is 13.7 Å². The predicted octanol–water partition coefficient (Wildman–Crippen LogP) is 0.584. The number of aliphatic hydroxyl groups excluding tert-OH is 1. The van der Waals surface area contributed by atoms with Crippen LogP contribution in [0.4, 0.5) is 0 Å². The first-order chi connectivity index (χ1) is 19.8. The minimum absolute atomic E-state index is 0.00947. The van der Waals surface area contributed by atoms with Gasteiger partial charge in [-0.25, -0.2) is 28.1 Å². The van der Waals surface area contributed by atoms with E-state index in [2.05, 4.69) is 0 Å². The summed E-state index contributed by atoms with van der Waals surface area (Å²) in [5, 5.41) is 9.36. The standard InChI is InChI=1S/C28H43N3O10/c1-19-16-20(8-14-38-19)9-15-39-24(33)4-2-10-29-26(35)30(28(37)31(12-13-32)27(29)36)11-3-5-25(34)40-18-21-6-7-22-23(17-21)41-22/h19-23,32H,2-18H2,1H3. The molecule has 5 unspecified atom stereocenters. The third-order valence-electron chi connectivity index (χ3n) is 8.21. The lowest BCUT2D eigenvalue weighted by Gasteiger charge is -2.26. The number of aromatic nitrogens is 3. The number of hydrogen-bond donors (Lipinski definition) is 1. The molecule has 2 aliphatic heterocycles. The Hall–Kier alpha value is -2.77.